The lowest BCUT2D eigenvalue weighted by Crippen LogP contribution is -2.29. The summed E-state index contributed by atoms with van der Waals surface area (Å²) in [7, 11) is -3.44. The Bertz CT molecular complexity index is 723. The molecule has 0 aliphatic rings. The minimum atomic E-state index is -3.44. The molecule has 21 heavy (non-hydrogen) atoms. The summed E-state index contributed by atoms with van der Waals surface area (Å²) in [5.41, 5.74) is 0. The molecule has 0 saturated heterocycles. The van der Waals surface area contributed by atoms with Gasteiger partial charge >= 0.3 is 0 Å². The van der Waals surface area contributed by atoms with Crippen LogP contribution in [0.15, 0.2) is 56.7 Å². The standard InChI is InChI=1S/C14H13NO2S4/c16-21(17,14-6-3-9-20-14)15(10-12-4-1-7-18-12)11-13-5-2-8-19-13/h1-9H,10-11H2. The highest BCUT2D eigenvalue weighted by atomic mass is 32.2. The van der Waals surface area contributed by atoms with Crippen LogP contribution in [0, 0.1) is 0 Å². The fourth-order valence-corrected chi connectivity index (χ4v) is 6.06. The molecular weight excluding hydrogens is 342 g/mol. The van der Waals surface area contributed by atoms with Crippen molar-refractivity contribution in [2.24, 2.45) is 0 Å². The van der Waals surface area contributed by atoms with Gasteiger partial charge in [0, 0.05) is 22.8 Å². The smallest absolute Gasteiger partial charge is 0.206 e. The van der Waals surface area contributed by atoms with Gasteiger partial charge in [0.15, 0.2) is 0 Å². The van der Waals surface area contributed by atoms with Gasteiger partial charge in [-0.25, -0.2) is 8.42 Å². The Morgan fingerprint density at radius 1 is 0.810 bits per heavy atom. The van der Waals surface area contributed by atoms with Crippen LogP contribution in [0.3, 0.4) is 0 Å². The molecule has 0 aliphatic carbocycles. The largest absolute Gasteiger partial charge is 0.253 e. The fraction of sp³-hybridized carbons (Fsp3) is 0.143. The van der Waals surface area contributed by atoms with E-state index in [0.717, 1.165) is 9.75 Å². The predicted octanol–water partition coefficient (Wildman–Crippen LogP) is 4.26. The summed E-state index contributed by atoms with van der Waals surface area (Å²) in [6.45, 7) is 0.825. The number of rotatable bonds is 6. The van der Waals surface area contributed by atoms with Crippen LogP contribution < -0.4 is 0 Å². The highest BCUT2D eigenvalue weighted by Crippen LogP contribution is 2.26. The fourth-order valence-electron chi connectivity index (χ4n) is 1.92. The quantitative estimate of drug-likeness (QED) is 0.662. The Labute approximate surface area is 136 Å². The van der Waals surface area contributed by atoms with Crippen LogP contribution in [-0.4, -0.2) is 12.7 Å². The molecule has 3 heterocycles. The Kier molecular flexibility index (Phi) is 4.56. The van der Waals surface area contributed by atoms with E-state index in [0.29, 0.717) is 17.3 Å². The summed E-state index contributed by atoms with van der Waals surface area (Å²) in [5.74, 6) is 0. The van der Waals surface area contributed by atoms with Crippen LogP contribution in [0.25, 0.3) is 0 Å². The van der Waals surface area contributed by atoms with E-state index in [1.807, 2.05) is 35.0 Å². The lowest BCUT2D eigenvalue weighted by molar-refractivity contribution is 0.408. The lowest BCUT2D eigenvalue weighted by Gasteiger charge is -2.20. The first-order chi connectivity index (χ1) is 10.2. The van der Waals surface area contributed by atoms with E-state index in [4.69, 9.17) is 0 Å². The van der Waals surface area contributed by atoms with E-state index in [2.05, 4.69) is 0 Å². The zero-order valence-corrected chi connectivity index (χ0v) is 14.3. The van der Waals surface area contributed by atoms with Gasteiger partial charge in [0.2, 0.25) is 0 Å². The van der Waals surface area contributed by atoms with E-state index in [9.17, 15) is 8.42 Å². The molecule has 0 bridgehead atoms. The van der Waals surface area contributed by atoms with Crippen LogP contribution in [0.1, 0.15) is 9.75 Å². The molecule has 0 amide bonds. The molecule has 3 aromatic heterocycles. The third-order valence-corrected chi connectivity index (χ3v) is 7.80. The van der Waals surface area contributed by atoms with Gasteiger partial charge < -0.3 is 0 Å². The first kappa shape index (κ1) is 14.9. The molecule has 0 unspecified atom stereocenters. The van der Waals surface area contributed by atoms with Crippen molar-refractivity contribution < 1.29 is 8.42 Å². The highest BCUT2D eigenvalue weighted by Gasteiger charge is 2.26. The van der Waals surface area contributed by atoms with Crippen molar-refractivity contribution in [2.75, 3.05) is 0 Å². The molecule has 0 spiro atoms. The Morgan fingerprint density at radius 3 is 1.76 bits per heavy atom. The van der Waals surface area contributed by atoms with Gasteiger partial charge in [0.25, 0.3) is 10.0 Å². The third kappa shape index (κ3) is 3.44. The summed E-state index contributed by atoms with van der Waals surface area (Å²) in [5, 5.41) is 5.73. The summed E-state index contributed by atoms with van der Waals surface area (Å²) in [4.78, 5) is 2.10. The second-order valence-electron chi connectivity index (χ2n) is 4.36. The minimum Gasteiger partial charge on any atom is -0.206 e. The number of thiophene rings is 3. The Balaban J connectivity index is 1.91. The Hall–Kier alpha value is -0.990. The molecule has 0 aromatic carbocycles. The summed E-state index contributed by atoms with van der Waals surface area (Å²) >= 11 is 4.42. The number of sulfonamides is 1. The number of hydrogen-bond donors (Lipinski definition) is 0. The Morgan fingerprint density at radius 2 is 1.33 bits per heavy atom. The SMILES string of the molecule is O=S(=O)(c1cccs1)N(Cc1cccs1)Cc1cccs1. The van der Waals surface area contributed by atoms with Gasteiger partial charge in [-0.2, -0.15) is 4.31 Å². The van der Waals surface area contributed by atoms with Crippen molar-refractivity contribution >= 4 is 44.0 Å². The van der Waals surface area contributed by atoms with Crippen molar-refractivity contribution in [3.8, 4) is 0 Å². The van der Waals surface area contributed by atoms with Gasteiger partial charge in [-0.15, -0.1) is 34.0 Å². The van der Waals surface area contributed by atoms with Crippen LogP contribution in [0.2, 0.25) is 0 Å². The average Bonchev–Trinajstić information content (AvgIpc) is 3.22. The molecule has 0 saturated carbocycles. The summed E-state index contributed by atoms with van der Waals surface area (Å²) < 4.78 is 27.5. The first-order valence-electron chi connectivity index (χ1n) is 6.25. The topological polar surface area (TPSA) is 37.4 Å². The van der Waals surface area contributed by atoms with Gasteiger partial charge in [-0.1, -0.05) is 18.2 Å². The molecule has 0 radical (unpaired) electrons. The van der Waals surface area contributed by atoms with E-state index in [1.165, 1.54) is 11.3 Å². The molecule has 0 atom stereocenters. The van der Waals surface area contributed by atoms with Gasteiger partial charge in [-0.05, 0) is 34.3 Å². The molecule has 3 aromatic rings. The number of nitrogens with zero attached hydrogens (tertiary/aromatic N) is 1. The van der Waals surface area contributed by atoms with Gasteiger partial charge in [-0.3, -0.25) is 0 Å². The van der Waals surface area contributed by atoms with Gasteiger partial charge in [0.05, 0.1) is 0 Å². The van der Waals surface area contributed by atoms with E-state index < -0.39 is 10.0 Å². The molecule has 0 aliphatic heterocycles. The molecule has 110 valence electrons. The van der Waals surface area contributed by atoms with Crippen LogP contribution >= 0.6 is 34.0 Å². The van der Waals surface area contributed by atoms with Crippen molar-refractivity contribution in [2.45, 2.75) is 17.3 Å². The lowest BCUT2D eigenvalue weighted by atomic mass is 10.4. The first-order valence-corrected chi connectivity index (χ1v) is 10.3. The van der Waals surface area contributed by atoms with Crippen molar-refractivity contribution in [3.63, 3.8) is 0 Å². The zero-order chi connectivity index (χ0) is 14.7. The van der Waals surface area contributed by atoms with Crippen LogP contribution in [0.4, 0.5) is 0 Å². The molecule has 0 fully saturated rings. The maximum Gasteiger partial charge on any atom is 0.253 e. The van der Waals surface area contributed by atoms with Crippen molar-refractivity contribution in [1.82, 2.24) is 4.31 Å². The minimum absolute atomic E-state index is 0.399. The highest BCUT2D eigenvalue weighted by molar-refractivity contribution is 7.91. The van der Waals surface area contributed by atoms with Crippen LogP contribution in [-0.2, 0) is 23.1 Å². The van der Waals surface area contributed by atoms with Crippen molar-refractivity contribution in [1.29, 1.82) is 0 Å². The molecule has 0 N–H and O–H groups in total. The maximum atomic E-state index is 12.8. The molecular formula is C14H13NO2S4. The zero-order valence-electron chi connectivity index (χ0n) is 11.0. The normalized spacial score (nSPS) is 12.0. The van der Waals surface area contributed by atoms with E-state index >= 15 is 0 Å². The molecule has 7 heteroatoms. The number of hydrogen-bond acceptors (Lipinski definition) is 5. The maximum absolute atomic E-state index is 12.8. The van der Waals surface area contributed by atoms with E-state index in [1.54, 1.807) is 44.5 Å². The molecule has 3 rings (SSSR count). The average molecular weight is 356 g/mol. The second-order valence-corrected chi connectivity index (χ2v) is 9.54. The van der Waals surface area contributed by atoms with Crippen LogP contribution in [0.5, 0.6) is 0 Å². The predicted molar refractivity (Wildman–Crippen MR) is 89.4 cm³/mol. The summed E-state index contributed by atoms with van der Waals surface area (Å²) in [6.07, 6.45) is 0. The van der Waals surface area contributed by atoms with Gasteiger partial charge in [0.1, 0.15) is 4.21 Å². The van der Waals surface area contributed by atoms with E-state index in [-0.39, 0.29) is 0 Å². The third-order valence-electron chi connectivity index (χ3n) is 2.91. The monoisotopic (exact) mass is 355 g/mol. The second kappa shape index (κ2) is 6.41. The summed E-state index contributed by atoms with van der Waals surface area (Å²) in [6, 6.07) is 11.3. The molecule has 3 nitrogen and oxygen atoms in total. The van der Waals surface area contributed by atoms with Crippen molar-refractivity contribution in [3.05, 3.63) is 62.3 Å².